The molecule has 0 aliphatic rings. The van der Waals surface area contributed by atoms with Crippen LogP contribution in [-0.2, 0) is 17.5 Å². The van der Waals surface area contributed by atoms with Crippen molar-refractivity contribution < 1.29 is 18.0 Å². The first-order chi connectivity index (χ1) is 6.54. The predicted octanol–water partition coefficient (Wildman–Crippen LogP) is 1.95. The fourth-order valence-electron chi connectivity index (χ4n) is 1.02. The summed E-state index contributed by atoms with van der Waals surface area (Å²) in [5, 5.41) is 2.30. The van der Waals surface area contributed by atoms with Gasteiger partial charge in [0.15, 0.2) is 0 Å². The average Bonchev–Trinajstić information content (AvgIpc) is 2.14. The minimum atomic E-state index is -4.34. The Balaban J connectivity index is 2.84. The summed E-state index contributed by atoms with van der Waals surface area (Å²) in [4.78, 5) is 9.93. The van der Waals surface area contributed by atoms with Crippen molar-refractivity contribution in [3.8, 4) is 0 Å². The third-order valence-electron chi connectivity index (χ3n) is 1.64. The minimum absolute atomic E-state index is 0.105. The Morgan fingerprint density at radius 3 is 2.64 bits per heavy atom. The van der Waals surface area contributed by atoms with E-state index >= 15 is 0 Å². The number of carbonyl (C=O) groups excluding carboxylic acids is 1. The molecule has 5 heteroatoms. The molecular formula is C9H8F3NO. The van der Waals surface area contributed by atoms with Crippen LogP contribution in [0.2, 0.25) is 0 Å². The molecule has 76 valence electrons. The fraction of sp³-hybridized carbons (Fsp3) is 0.222. The van der Waals surface area contributed by atoms with Crippen LogP contribution in [0.25, 0.3) is 0 Å². The number of nitrogens with one attached hydrogen (secondary N) is 1. The Morgan fingerprint density at radius 1 is 1.36 bits per heavy atom. The number of rotatable bonds is 3. The van der Waals surface area contributed by atoms with E-state index in [4.69, 9.17) is 0 Å². The molecule has 0 radical (unpaired) electrons. The first-order valence-corrected chi connectivity index (χ1v) is 3.87. The van der Waals surface area contributed by atoms with Crippen LogP contribution in [0.4, 0.5) is 13.2 Å². The number of benzene rings is 1. The molecule has 14 heavy (non-hydrogen) atoms. The summed E-state index contributed by atoms with van der Waals surface area (Å²) in [6, 6.07) is 4.83. The second kappa shape index (κ2) is 4.13. The van der Waals surface area contributed by atoms with Gasteiger partial charge in [0.1, 0.15) is 0 Å². The lowest BCUT2D eigenvalue weighted by atomic mass is 10.1. The molecule has 1 aromatic carbocycles. The smallest absolute Gasteiger partial charge is 0.355 e. The van der Waals surface area contributed by atoms with Gasteiger partial charge in [-0.25, -0.2) is 0 Å². The molecule has 1 amide bonds. The van der Waals surface area contributed by atoms with E-state index in [9.17, 15) is 18.0 Å². The highest BCUT2D eigenvalue weighted by Gasteiger charge is 2.30. The van der Waals surface area contributed by atoms with Crippen molar-refractivity contribution >= 4 is 6.41 Å². The van der Waals surface area contributed by atoms with Gasteiger partial charge < -0.3 is 5.32 Å². The van der Waals surface area contributed by atoms with Gasteiger partial charge in [0.25, 0.3) is 0 Å². The molecule has 0 aliphatic heterocycles. The lowest BCUT2D eigenvalue weighted by Gasteiger charge is -2.07. The summed E-state index contributed by atoms with van der Waals surface area (Å²) in [5.41, 5.74) is -0.283. The summed E-state index contributed by atoms with van der Waals surface area (Å²) < 4.78 is 36.6. The van der Waals surface area contributed by atoms with Gasteiger partial charge in [0.05, 0.1) is 5.56 Å². The molecule has 0 aromatic heterocycles. The number of amides is 1. The maximum Gasteiger partial charge on any atom is 0.416 e. The SMILES string of the molecule is O=CNCc1cccc(C(F)(F)F)c1. The van der Waals surface area contributed by atoms with Gasteiger partial charge in [-0.2, -0.15) is 13.2 Å². The van der Waals surface area contributed by atoms with Crippen LogP contribution >= 0.6 is 0 Å². The van der Waals surface area contributed by atoms with E-state index in [0.29, 0.717) is 12.0 Å². The van der Waals surface area contributed by atoms with Crippen molar-refractivity contribution in [2.24, 2.45) is 0 Å². The number of carbonyl (C=O) groups is 1. The predicted molar refractivity (Wildman–Crippen MR) is 44.3 cm³/mol. The second-order valence-corrected chi connectivity index (χ2v) is 2.70. The molecule has 2 nitrogen and oxygen atoms in total. The Kier molecular flexibility index (Phi) is 3.11. The molecule has 1 rings (SSSR count). The van der Waals surface area contributed by atoms with Crippen LogP contribution in [-0.4, -0.2) is 6.41 Å². The lowest BCUT2D eigenvalue weighted by Crippen LogP contribution is -2.11. The van der Waals surface area contributed by atoms with Crippen LogP contribution < -0.4 is 5.32 Å². The first-order valence-electron chi connectivity index (χ1n) is 3.87. The molecule has 1 N–H and O–H groups in total. The number of hydrogen-bond acceptors (Lipinski definition) is 1. The zero-order valence-electron chi connectivity index (χ0n) is 7.14. The molecule has 0 fully saturated rings. The van der Waals surface area contributed by atoms with Gasteiger partial charge in [-0.05, 0) is 17.7 Å². The van der Waals surface area contributed by atoms with E-state index < -0.39 is 11.7 Å². The molecule has 0 heterocycles. The van der Waals surface area contributed by atoms with Crippen LogP contribution in [0.15, 0.2) is 24.3 Å². The van der Waals surface area contributed by atoms with Crippen molar-refractivity contribution in [2.45, 2.75) is 12.7 Å². The first kappa shape index (κ1) is 10.6. The zero-order chi connectivity index (χ0) is 10.6. The summed E-state index contributed by atoms with van der Waals surface area (Å²) in [6.07, 6.45) is -3.89. The molecule has 0 saturated carbocycles. The molecular weight excluding hydrogens is 195 g/mol. The van der Waals surface area contributed by atoms with Crippen molar-refractivity contribution in [1.82, 2.24) is 5.32 Å². The van der Waals surface area contributed by atoms with Gasteiger partial charge >= 0.3 is 6.18 Å². The van der Waals surface area contributed by atoms with E-state index in [1.165, 1.54) is 12.1 Å². The molecule has 0 saturated heterocycles. The van der Waals surface area contributed by atoms with E-state index in [-0.39, 0.29) is 6.54 Å². The van der Waals surface area contributed by atoms with Gasteiger partial charge in [0, 0.05) is 6.54 Å². The Labute approximate surface area is 78.7 Å². The maximum atomic E-state index is 12.2. The topological polar surface area (TPSA) is 29.1 Å². The highest BCUT2D eigenvalue weighted by atomic mass is 19.4. The Hall–Kier alpha value is -1.52. The van der Waals surface area contributed by atoms with Gasteiger partial charge in [-0.3, -0.25) is 4.79 Å². The maximum absolute atomic E-state index is 12.2. The van der Waals surface area contributed by atoms with Gasteiger partial charge in [-0.15, -0.1) is 0 Å². The lowest BCUT2D eigenvalue weighted by molar-refractivity contribution is -0.137. The van der Waals surface area contributed by atoms with Gasteiger partial charge in [0.2, 0.25) is 6.41 Å². The van der Waals surface area contributed by atoms with E-state index in [1.807, 2.05) is 0 Å². The van der Waals surface area contributed by atoms with Crippen molar-refractivity contribution in [2.75, 3.05) is 0 Å². The van der Waals surface area contributed by atoms with Crippen LogP contribution in [0.5, 0.6) is 0 Å². The van der Waals surface area contributed by atoms with Crippen molar-refractivity contribution in [1.29, 1.82) is 0 Å². The number of hydrogen-bond donors (Lipinski definition) is 1. The Bertz CT molecular complexity index is 322. The van der Waals surface area contributed by atoms with E-state index in [0.717, 1.165) is 12.1 Å². The van der Waals surface area contributed by atoms with Crippen LogP contribution in [0.3, 0.4) is 0 Å². The van der Waals surface area contributed by atoms with E-state index in [1.54, 1.807) is 0 Å². The minimum Gasteiger partial charge on any atom is -0.355 e. The molecule has 1 aromatic rings. The van der Waals surface area contributed by atoms with Gasteiger partial charge in [-0.1, -0.05) is 12.1 Å². The molecule has 0 unspecified atom stereocenters. The largest absolute Gasteiger partial charge is 0.416 e. The van der Waals surface area contributed by atoms with Crippen molar-refractivity contribution in [3.63, 3.8) is 0 Å². The molecule has 0 atom stereocenters. The highest BCUT2D eigenvalue weighted by Crippen LogP contribution is 2.29. The number of halogens is 3. The second-order valence-electron chi connectivity index (χ2n) is 2.70. The standard InChI is InChI=1S/C9H8F3NO/c10-9(11,12)8-3-1-2-7(4-8)5-13-6-14/h1-4,6H,5H2,(H,13,14). The Morgan fingerprint density at radius 2 is 2.07 bits per heavy atom. The summed E-state index contributed by atoms with van der Waals surface area (Å²) in [7, 11) is 0. The third kappa shape index (κ3) is 2.76. The van der Waals surface area contributed by atoms with Crippen molar-refractivity contribution in [3.05, 3.63) is 35.4 Å². The molecule has 0 spiro atoms. The summed E-state index contributed by atoms with van der Waals surface area (Å²) in [5.74, 6) is 0. The van der Waals surface area contributed by atoms with Crippen LogP contribution in [0.1, 0.15) is 11.1 Å². The monoisotopic (exact) mass is 203 g/mol. The van der Waals surface area contributed by atoms with E-state index in [2.05, 4.69) is 5.32 Å². The molecule has 0 bridgehead atoms. The van der Waals surface area contributed by atoms with Crippen LogP contribution in [0, 0.1) is 0 Å². The quantitative estimate of drug-likeness (QED) is 0.747. The summed E-state index contributed by atoms with van der Waals surface area (Å²) in [6.45, 7) is 0.105. The highest BCUT2D eigenvalue weighted by molar-refractivity contribution is 5.46. The number of alkyl halides is 3. The summed E-state index contributed by atoms with van der Waals surface area (Å²) >= 11 is 0. The fourth-order valence-corrected chi connectivity index (χ4v) is 1.02. The zero-order valence-corrected chi connectivity index (χ0v) is 7.14. The average molecular weight is 203 g/mol. The third-order valence-corrected chi connectivity index (χ3v) is 1.64. The molecule has 0 aliphatic carbocycles. The normalized spacial score (nSPS) is 11.1.